The van der Waals surface area contributed by atoms with Crippen molar-refractivity contribution in [1.29, 1.82) is 0 Å². The Labute approximate surface area is 108 Å². The molecule has 1 aromatic heterocycles. The fourth-order valence-corrected chi connectivity index (χ4v) is 1.94. The minimum atomic E-state index is 0.330. The van der Waals surface area contributed by atoms with Crippen molar-refractivity contribution >= 4 is 15.9 Å². The number of aromatic nitrogens is 2. The van der Waals surface area contributed by atoms with Crippen LogP contribution in [0.15, 0.2) is 41.1 Å². The molecule has 0 saturated carbocycles. The summed E-state index contributed by atoms with van der Waals surface area (Å²) in [5.41, 5.74) is 6.61. The lowest BCUT2D eigenvalue weighted by Gasteiger charge is -2.11. The van der Waals surface area contributed by atoms with Gasteiger partial charge in [0.2, 0.25) is 0 Å². The van der Waals surface area contributed by atoms with Gasteiger partial charge in [0.15, 0.2) is 5.82 Å². The predicted molar refractivity (Wildman–Crippen MR) is 68.4 cm³/mol. The van der Waals surface area contributed by atoms with Gasteiger partial charge in [0.1, 0.15) is 12.4 Å². The zero-order chi connectivity index (χ0) is 12.1. The summed E-state index contributed by atoms with van der Waals surface area (Å²) in [6.07, 6.45) is 3.38. The van der Waals surface area contributed by atoms with Gasteiger partial charge in [-0.15, -0.1) is 0 Å². The van der Waals surface area contributed by atoms with Crippen LogP contribution in [0.3, 0.4) is 0 Å². The van der Waals surface area contributed by atoms with Crippen molar-refractivity contribution in [2.24, 2.45) is 5.73 Å². The second-order valence-corrected chi connectivity index (χ2v) is 4.24. The first-order valence-corrected chi connectivity index (χ1v) is 5.96. The van der Waals surface area contributed by atoms with Gasteiger partial charge in [-0.25, -0.2) is 9.97 Å². The van der Waals surface area contributed by atoms with Crippen molar-refractivity contribution < 1.29 is 4.74 Å². The number of nitrogens with zero attached hydrogens (tertiary/aromatic N) is 2. The van der Waals surface area contributed by atoms with E-state index in [0.29, 0.717) is 19.0 Å². The Morgan fingerprint density at radius 1 is 1.18 bits per heavy atom. The predicted octanol–water partition coefficient (Wildman–Crippen LogP) is 2.28. The Hall–Kier alpha value is -1.46. The molecule has 0 amide bonds. The molecule has 0 unspecified atom stereocenters. The Morgan fingerprint density at radius 2 is 1.94 bits per heavy atom. The maximum atomic E-state index is 5.69. The smallest absolute Gasteiger partial charge is 0.166 e. The summed E-state index contributed by atoms with van der Waals surface area (Å²) >= 11 is 3.44. The number of benzene rings is 1. The van der Waals surface area contributed by atoms with Crippen LogP contribution in [0, 0.1) is 0 Å². The average molecular weight is 294 g/mol. The largest absolute Gasteiger partial charge is 0.484 e. The van der Waals surface area contributed by atoms with Crippen LogP contribution in [0.2, 0.25) is 0 Å². The van der Waals surface area contributed by atoms with E-state index in [2.05, 4.69) is 25.9 Å². The van der Waals surface area contributed by atoms with Crippen molar-refractivity contribution in [2.45, 2.75) is 13.2 Å². The van der Waals surface area contributed by atoms with Gasteiger partial charge in [0.25, 0.3) is 0 Å². The summed E-state index contributed by atoms with van der Waals surface area (Å²) in [4.78, 5) is 8.19. The molecule has 17 heavy (non-hydrogen) atoms. The number of halogens is 1. The standard InChI is InChI=1S/C12H12BrN3O/c13-10-4-1-3-9(7-14)12(10)17-8-11-15-5-2-6-16-11/h1-6H,7-8,14H2. The van der Waals surface area contributed by atoms with Gasteiger partial charge >= 0.3 is 0 Å². The van der Waals surface area contributed by atoms with Crippen LogP contribution in [0.1, 0.15) is 11.4 Å². The minimum absolute atomic E-state index is 0.330. The van der Waals surface area contributed by atoms with E-state index in [9.17, 15) is 0 Å². The van der Waals surface area contributed by atoms with Crippen LogP contribution in [0.4, 0.5) is 0 Å². The molecule has 2 aromatic rings. The summed E-state index contributed by atoms with van der Waals surface area (Å²) in [7, 11) is 0. The van der Waals surface area contributed by atoms with E-state index in [0.717, 1.165) is 15.8 Å². The van der Waals surface area contributed by atoms with Crippen molar-refractivity contribution in [3.05, 3.63) is 52.5 Å². The summed E-state index contributed by atoms with van der Waals surface area (Å²) in [5.74, 6) is 1.40. The van der Waals surface area contributed by atoms with Crippen LogP contribution < -0.4 is 10.5 Å². The van der Waals surface area contributed by atoms with Crippen molar-refractivity contribution in [2.75, 3.05) is 0 Å². The molecular formula is C12H12BrN3O. The molecule has 2 rings (SSSR count). The van der Waals surface area contributed by atoms with Gasteiger partial charge in [0, 0.05) is 24.5 Å². The normalized spacial score (nSPS) is 10.2. The molecule has 88 valence electrons. The number of hydrogen-bond donors (Lipinski definition) is 1. The average Bonchev–Trinajstić information content (AvgIpc) is 2.38. The van der Waals surface area contributed by atoms with E-state index in [1.165, 1.54) is 0 Å². The maximum Gasteiger partial charge on any atom is 0.166 e. The second-order valence-electron chi connectivity index (χ2n) is 3.39. The quantitative estimate of drug-likeness (QED) is 0.939. The molecule has 0 atom stereocenters. The molecule has 0 aliphatic heterocycles. The number of nitrogens with two attached hydrogens (primary N) is 1. The van der Waals surface area contributed by atoms with Crippen molar-refractivity contribution in [1.82, 2.24) is 9.97 Å². The van der Waals surface area contributed by atoms with Crippen molar-refractivity contribution in [3.8, 4) is 5.75 Å². The van der Waals surface area contributed by atoms with E-state index in [1.807, 2.05) is 18.2 Å². The van der Waals surface area contributed by atoms with Gasteiger partial charge in [0.05, 0.1) is 4.47 Å². The molecule has 0 aliphatic carbocycles. The zero-order valence-electron chi connectivity index (χ0n) is 9.14. The van der Waals surface area contributed by atoms with Gasteiger partial charge in [-0.05, 0) is 28.1 Å². The number of para-hydroxylation sites is 1. The lowest BCUT2D eigenvalue weighted by atomic mass is 10.2. The summed E-state index contributed by atoms with van der Waals surface area (Å²) in [6, 6.07) is 7.55. The van der Waals surface area contributed by atoms with Crippen LogP contribution in [-0.2, 0) is 13.2 Å². The SMILES string of the molecule is NCc1cccc(Br)c1OCc1ncccn1. The third-order valence-electron chi connectivity index (χ3n) is 2.23. The molecule has 0 radical (unpaired) electrons. The lowest BCUT2D eigenvalue weighted by molar-refractivity contribution is 0.291. The minimum Gasteiger partial charge on any atom is -0.484 e. The Balaban J connectivity index is 2.14. The first-order valence-electron chi connectivity index (χ1n) is 5.17. The molecule has 0 fully saturated rings. The second kappa shape index (κ2) is 5.75. The first-order chi connectivity index (χ1) is 8.31. The van der Waals surface area contributed by atoms with E-state index in [1.54, 1.807) is 18.5 Å². The zero-order valence-corrected chi connectivity index (χ0v) is 10.7. The summed E-state index contributed by atoms with van der Waals surface area (Å²) < 4.78 is 6.58. The van der Waals surface area contributed by atoms with E-state index in [-0.39, 0.29) is 0 Å². The molecule has 1 heterocycles. The monoisotopic (exact) mass is 293 g/mol. The molecule has 0 saturated heterocycles. The fourth-order valence-electron chi connectivity index (χ4n) is 1.42. The summed E-state index contributed by atoms with van der Waals surface area (Å²) in [5, 5.41) is 0. The molecule has 4 nitrogen and oxygen atoms in total. The molecule has 0 bridgehead atoms. The highest BCUT2D eigenvalue weighted by Gasteiger charge is 2.07. The Bertz CT molecular complexity index is 490. The van der Waals surface area contributed by atoms with E-state index < -0.39 is 0 Å². The van der Waals surface area contributed by atoms with Crippen LogP contribution in [-0.4, -0.2) is 9.97 Å². The van der Waals surface area contributed by atoms with Gasteiger partial charge < -0.3 is 10.5 Å². The highest BCUT2D eigenvalue weighted by Crippen LogP contribution is 2.29. The van der Waals surface area contributed by atoms with Gasteiger partial charge in [-0.1, -0.05) is 12.1 Å². The number of ether oxygens (including phenoxy) is 1. The third kappa shape index (κ3) is 3.01. The molecule has 5 heteroatoms. The van der Waals surface area contributed by atoms with Crippen LogP contribution >= 0.6 is 15.9 Å². The molecule has 2 N–H and O–H groups in total. The fraction of sp³-hybridized carbons (Fsp3) is 0.167. The highest BCUT2D eigenvalue weighted by molar-refractivity contribution is 9.10. The Kier molecular flexibility index (Phi) is 4.06. The van der Waals surface area contributed by atoms with Crippen molar-refractivity contribution in [3.63, 3.8) is 0 Å². The number of hydrogen-bond acceptors (Lipinski definition) is 4. The first kappa shape index (κ1) is 12.0. The lowest BCUT2D eigenvalue weighted by Crippen LogP contribution is -2.05. The maximum absolute atomic E-state index is 5.69. The molecule has 1 aromatic carbocycles. The molecule has 0 aliphatic rings. The van der Waals surface area contributed by atoms with E-state index >= 15 is 0 Å². The van der Waals surface area contributed by atoms with Crippen LogP contribution in [0.25, 0.3) is 0 Å². The number of rotatable bonds is 4. The Morgan fingerprint density at radius 3 is 2.65 bits per heavy atom. The van der Waals surface area contributed by atoms with Crippen LogP contribution in [0.5, 0.6) is 5.75 Å². The molecular weight excluding hydrogens is 282 g/mol. The van der Waals surface area contributed by atoms with E-state index in [4.69, 9.17) is 10.5 Å². The third-order valence-corrected chi connectivity index (χ3v) is 2.86. The topological polar surface area (TPSA) is 61.0 Å². The summed E-state index contributed by atoms with van der Waals surface area (Å²) in [6.45, 7) is 0.765. The highest BCUT2D eigenvalue weighted by atomic mass is 79.9. The molecule has 0 spiro atoms. The van der Waals surface area contributed by atoms with Gasteiger partial charge in [-0.2, -0.15) is 0 Å². The van der Waals surface area contributed by atoms with Gasteiger partial charge in [-0.3, -0.25) is 0 Å².